The Bertz CT molecular complexity index is 366. The minimum absolute atomic E-state index is 0.0124. The van der Waals surface area contributed by atoms with E-state index in [1.807, 2.05) is 30.3 Å². The standard InChI is InChI=1S/C11H10Cl2O2S2/c12-9(14)6-16-11(17-7-10(13)15)8-4-2-1-3-5-8/h1-5,11H,6-7H2. The molecule has 0 saturated heterocycles. The number of benzene rings is 1. The Morgan fingerprint density at radius 1 is 1.00 bits per heavy atom. The zero-order chi connectivity index (χ0) is 12.7. The molecule has 1 aromatic rings. The Balaban J connectivity index is 2.64. The van der Waals surface area contributed by atoms with Crippen molar-refractivity contribution in [3.05, 3.63) is 35.9 Å². The fourth-order valence-electron chi connectivity index (χ4n) is 1.13. The monoisotopic (exact) mass is 308 g/mol. The lowest BCUT2D eigenvalue weighted by atomic mass is 10.2. The molecule has 1 rings (SSSR count). The molecule has 0 heterocycles. The highest BCUT2D eigenvalue weighted by Crippen LogP contribution is 2.39. The first-order valence-electron chi connectivity index (χ1n) is 4.74. The van der Waals surface area contributed by atoms with Crippen molar-refractivity contribution in [1.82, 2.24) is 0 Å². The summed E-state index contributed by atoms with van der Waals surface area (Å²) in [6, 6.07) is 9.63. The fraction of sp³-hybridized carbons (Fsp3) is 0.273. The molecule has 0 unspecified atom stereocenters. The molecule has 6 heteroatoms. The second kappa shape index (κ2) is 8.03. The smallest absolute Gasteiger partial charge is 0.231 e. The molecule has 0 aliphatic heterocycles. The Morgan fingerprint density at radius 3 is 1.88 bits per heavy atom. The van der Waals surface area contributed by atoms with Gasteiger partial charge in [0.25, 0.3) is 0 Å². The van der Waals surface area contributed by atoms with E-state index in [4.69, 9.17) is 23.2 Å². The Hall–Kier alpha value is -0.160. The maximum absolute atomic E-state index is 10.8. The summed E-state index contributed by atoms with van der Waals surface area (Å²) < 4.78 is -0.0124. The van der Waals surface area contributed by atoms with Crippen molar-refractivity contribution in [3.8, 4) is 0 Å². The van der Waals surface area contributed by atoms with Gasteiger partial charge in [-0.3, -0.25) is 9.59 Å². The van der Waals surface area contributed by atoms with Crippen LogP contribution in [0.3, 0.4) is 0 Å². The molecule has 0 spiro atoms. The van der Waals surface area contributed by atoms with Gasteiger partial charge in [0.1, 0.15) is 0 Å². The largest absolute Gasteiger partial charge is 0.280 e. The first kappa shape index (κ1) is 14.9. The zero-order valence-electron chi connectivity index (χ0n) is 8.77. The number of halogens is 2. The van der Waals surface area contributed by atoms with Crippen LogP contribution in [0.25, 0.3) is 0 Å². The molecule has 0 N–H and O–H groups in total. The molecule has 2 nitrogen and oxygen atoms in total. The highest BCUT2D eigenvalue weighted by molar-refractivity contribution is 8.17. The quantitative estimate of drug-likeness (QED) is 0.568. The lowest BCUT2D eigenvalue weighted by Crippen LogP contribution is -1.99. The first-order chi connectivity index (χ1) is 8.09. The van der Waals surface area contributed by atoms with Crippen molar-refractivity contribution >= 4 is 57.2 Å². The van der Waals surface area contributed by atoms with E-state index in [-0.39, 0.29) is 16.1 Å². The average molecular weight is 309 g/mol. The van der Waals surface area contributed by atoms with Gasteiger partial charge in [0, 0.05) is 0 Å². The van der Waals surface area contributed by atoms with Crippen LogP contribution < -0.4 is 0 Å². The lowest BCUT2D eigenvalue weighted by molar-refractivity contribution is -0.110. The molecule has 0 amide bonds. The summed E-state index contributed by atoms with van der Waals surface area (Å²) in [5.41, 5.74) is 1.04. The van der Waals surface area contributed by atoms with Crippen LogP contribution >= 0.6 is 46.7 Å². The van der Waals surface area contributed by atoms with Crippen molar-refractivity contribution < 1.29 is 9.59 Å². The van der Waals surface area contributed by atoms with Gasteiger partial charge in [-0.25, -0.2) is 0 Å². The third-order valence-electron chi connectivity index (χ3n) is 1.77. The van der Waals surface area contributed by atoms with Crippen LogP contribution in [0.2, 0.25) is 0 Å². The van der Waals surface area contributed by atoms with Gasteiger partial charge in [-0.05, 0) is 28.8 Å². The number of carbonyl (C=O) groups excluding carboxylic acids is 2. The number of rotatable bonds is 7. The van der Waals surface area contributed by atoms with Gasteiger partial charge in [-0.2, -0.15) is 0 Å². The number of carbonyl (C=O) groups is 2. The summed E-state index contributed by atoms with van der Waals surface area (Å²) in [6.45, 7) is 0. The minimum Gasteiger partial charge on any atom is -0.280 e. The van der Waals surface area contributed by atoms with Crippen molar-refractivity contribution in [1.29, 1.82) is 0 Å². The molecule has 0 aliphatic rings. The lowest BCUT2D eigenvalue weighted by Gasteiger charge is -2.14. The SMILES string of the molecule is O=C(Cl)CSC(SCC(=O)Cl)c1ccccc1. The summed E-state index contributed by atoms with van der Waals surface area (Å²) in [4.78, 5) is 21.5. The van der Waals surface area contributed by atoms with Gasteiger partial charge >= 0.3 is 0 Å². The van der Waals surface area contributed by atoms with Crippen LogP contribution in [-0.2, 0) is 9.59 Å². The van der Waals surface area contributed by atoms with E-state index in [1.165, 1.54) is 23.5 Å². The molecule has 17 heavy (non-hydrogen) atoms. The van der Waals surface area contributed by atoms with Crippen LogP contribution in [0.15, 0.2) is 30.3 Å². The third-order valence-corrected chi connectivity index (χ3v) is 5.18. The Labute approximate surface area is 118 Å². The van der Waals surface area contributed by atoms with Crippen molar-refractivity contribution in [2.45, 2.75) is 4.58 Å². The average Bonchev–Trinajstić information content (AvgIpc) is 2.29. The van der Waals surface area contributed by atoms with E-state index in [0.29, 0.717) is 0 Å². The van der Waals surface area contributed by atoms with Gasteiger partial charge < -0.3 is 0 Å². The summed E-state index contributed by atoms with van der Waals surface area (Å²) in [5.74, 6) is 0.426. The maximum atomic E-state index is 10.8. The van der Waals surface area contributed by atoms with Crippen molar-refractivity contribution in [3.63, 3.8) is 0 Å². The van der Waals surface area contributed by atoms with Crippen LogP contribution in [0, 0.1) is 0 Å². The molecular weight excluding hydrogens is 299 g/mol. The molecule has 0 aromatic heterocycles. The molecule has 0 aliphatic carbocycles. The molecule has 0 atom stereocenters. The van der Waals surface area contributed by atoms with E-state index < -0.39 is 10.5 Å². The van der Waals surface area contributed by atoms with Gasteiger partial charge in [0.2, 0.25) is 10.5 Å². The van der Waals surface area contributed by atoms with Crippen molar-refractivity contribution in [2.75, 3.05) is 11.5 Å². The predicted octanol–water partition coefficient (Wildman–Crippen LogP) is 3.68. The molecular formula is C11H10Cl2O2S2. The van der Waals surface area contributed by atoms with Crippen LogP contribution in [0.4, 0.5) is 0 Å². The Morgan fingerprint density at radius 2 is 1.47 bits per heavy atom. The highest BCUT2D eigenvalue weighted by atomic mass is 35.5. The van der Waals surface area contributed by atoms with Crippen LogP contribution in [-0.4, -0.2) is 22.0 Å². The van der Waals surface area contributed by atoms with Gasteiger partial charge in [0.05, 0.1) is 16.1 Å². The van der Waals surface area contributed by atoms with Crippen LogP contribution in [0.1, 0.15) is 10.1 Å². The van der Waals surface area contributed by atoms with Gasteiger partial charge in [-0.15, -0.1) is 23.5 Å². The molecule has 0 bridgehead atoms. The number of hydrogen-bond donors (Lipinski definition) is 0. The predicted molar refractivity (Wildman–Crippen MR) is 75.8 cm³/mol. The van der Waals surface area contributed by atoms with E-state index in [0.717, 1.165) is 5.56 Å². The van der Waals surface area contributed by atoms with E-state index in [9.17, 15) is 9.59 Å². The number of hydrogen-bond acceptors (Lipinski definition) is 4. The van der Waals surface area contributed by atoms with E-state index in [2.05, 4.69) is 0 Å². The minimum atomic E-state index is -0.395. The summed E-state index contributed by atoms with van der Waals surface area (Å²) >= 11 is 13.4. The molecule has 0 saturated carbocycles. The normalized spacial score (nSPS) is 10.5. The second-order valence-electron chi connectivity index (χ2n) is 3.07. The zero-order valence-corrected chi connectivity index (χ0v) is 11.9. The van der Waals surface area contributed by atoms with E-state index >= 15 is 0 Å². The summed E-state index contributed by atoms with van der Waals surface area (Å²) in [7, 11) is 0. The molecule has 92 valence electrons. The van der Waals surface area contributed by atoms with Gasteiger partial charge in [-0.1, -0.05) is 30.3 Å². The van der Waals surface area contributed by atoms with Crippen LogP contribution in [0.5, 0.6) is 0 Å². The molecule has 0 radical (unpaired) electrons. The second-order valence-corrected chi connectivity index (χ2v) is 6.40. The first-order valence-corrected chi connectivity index (χ1v) is 7.59. The molecule has 0 fully saturated rings. The Kier molecular flexibility index (Phi) is 7.04. The summed E-state index contributed by atoms with van der Waals surface area (Å²) in [5, 5.41) is -0.789. The van der Waals surface area contributed by atoms with Crippen molar-refractivity contribution in [2.24, 2.45) is 0 Å². The van der Waals surface area contributed by atoms with Gasteiger partial charge in [0.15, 0.2) is 0 Å². The number of thioether (sulfide) groups is 2. The summed E-state index contributed by atoms with van der Waals surface area (Å²) in [6.07, 6.45) is 0. The maximum Gasteiger partial charge on any atom is 0.231 e. The topological polar surface area (TPSA) is 34.1 Å². The molecule has 1 aromatic carbocycles. The third kappa shape index (κ3) is 6.36. The highest BCUT2D eigenvalue weighted by Gasteiger charge is 2.15. The fourth-order valence-corrected chi connectivity index (χ4v) is 3.57. The van der Waals surface area contributed by atoms with E-state index in [1.54, 1.807) is 0 Å².